The predicted octanol–water partition coefficient (Wildman–Crippen LogP) is 2.35. The number of amides is 1. The lowest BCUT2D eigenvalue weighted by Gasteiger charge is -2.29. The first-order valence-electron chi connectivity index (χ1n) is 9.70. The number of ether oxygens (including phenoxy) is 2. The van der Waals surface area contributed by atoms with Gasteiger partial charge in [0.1, 0.15) is 0 Å². The zero-order valence-corrected chi connectivity index (χ0v) is 17.2. The van der Waals surface area contributed by atoms with Crippen molar-refractivity contribution in [3.8, 4) is 11.5 Å². The minimum atomic E-state index is 0.0335. The first-order chi connectivity index (χ1) is 14.2. The van der Waals surface area contributed by atoms with Crippen LogP contribution in [0.2, 0.25) is 0 Å². The summed E-state index contributed by atoms with van der Waals surface area (Å²) in [4.78, 5) is 18.8. The molecule has 2 N–H and O–H groups in total. The van der Waals surface area contributed by atoms with Crippen LogP contribution in [0.1, 0.15) is 17.5 Å². The first-order valence-corrected chi connectivity index (χ1v) is 9.70. The lowest BCUT2D eigenvalue weighted by atomic mass is 10.0. The minimum Gasteiger partial charge on any atom is -0.493 e. The largest absolute Gasteiger partial charge is 0.493 e. The molecule has 3 rings (SSSR count). The number of hydrogen-bond acceptors (Lipinski definition) is 4. The number of fused-ring (bicyclic) bond motifs is 1. The van der Waals surface area contributed by atoms with Crippen molar-refractivity contribution in [1.29, 1.82) is 0 Å². The van der Waals surface area contributed by atoms with Crippen LogP contribution in [0, 0.1) is 0 Å². The third-order valence-corrected chi connectivity index (χ3v) is 4.95. The average molecular weight is 396 g/mol. The van der Waals surface area contributed by atoms with Gasteiger partial charge in [0.25, 0.3) is 0 Å². The van der Waals surface area contributed by atoms with E-state index in [1.807, 2.05) is 41.3 Å². The van der Waals surface area contributed by atoms with Gasteiger partial charge in [-0.25, -0.2) is 0 Å². The molecular formula is C22H28N4O3. The Bertz CT molecular complexity index is 882. The van der Waals surface area contributed by atoms with E-state index in [0.29, 0.717) is 24.0 Å². The van der Waals surface area contributed by atoms with Crippen molar-refractivity contribution in [3.05, 3.63) is 53.6 Å². The Kier molecular flexibility index (Phi) is 6.94. The van der Waals surface area contributed by atoms with Crippen LogP contribution >= 0.6 is 0 Å². The van der Waals surface area contributed by atoms with Crippen molar-refractivity contribution >= 4 is 17.6 Å². The number of anilines is 1. The fourth-order valence-corrected chi connectivity index (χ4v) is 3.44. The highest BCUT2D eigenvalue weighted by atomic mass is 16.5. The van der Waals surface area contributed by atoms with Crippen LogP contribution in [0.25, 0.3) is 0 Å². The van der Waals surface area contributed by atoms with E-state index in [1.165, 1.54) is 5.56 Å². The number of carbonyl (C=O) groups is 1. The quantitative estimate of drug-likeness (QED) is 0.579. The highest BCUT2D eigenvalue weighted by Crippen LogP contribution is 2.28. The fraction of sp³-hybridized carbons (Fsp3) is 0.364. The van der Waals surface area contributed by atoms with E-state index in [4.69, 9.17) is 9.47 Å². The number of aliphatic imine (C=N–C) groups is 1. The second-order valence-corrected chi connectivity index (χ2v) is 6.75. The molecule has 0 aromatic heterocycles. The van der Waals surface area contributed by atoms with Crippen molar-refractivity contribution in [2.24, 2.45) is 4.99 Å². The number of rotatable bonds is 6. The topological polar surface area (TPSA) is 75.2 Å². The molecule has 7 heteroatoms. The molecule has 0 spiro atoms. The number of benzene rings is 2. The van der Waals surface area contributed by atoms with Gasteiger partial charge in [-0.15, -0.1) is 0 Å². The van der Waals surface area contributed by atoms with Crippen LogP contribution in [0.4, 0.5) is 5.69 Å². The van der Waals surface area contributed by atoms with Crippen molar-refractivity contribution in [2.45, 2.75) is 19.4 Å². The highest BCUT2D eigenvalue weighted by Gasteiger charge is 2.21. The summed E-state index contributed by atoms with van der Waals surface area (Å²) >= 11 is 0. The molecule has 29 heavy (non-hydrogen) atoms. The van der Waals surface area contributed by atoms with Crippen molar-refractivity contribution in [2.75, 3.05) is 39.3 Å². The van der Waals surface area contributed by atoms with Gasteiger partial charge in [-0.2, -0.15) is 0 Å². The maximum atomic E-state index is 12.8. The lowest BCUT2D eigenvalue weighted by Crippen LogP contribution is -2.45. The number of guanidine groups is 1. The Morgan fingerprint density at radius 1 is 1.10 bits per heavy atom. The third kappa shape index (κ3) is 4.99. The molecule has 0 saturated heterocycles. The zero-order valence-electron chi connectivity index (χ0n) is 17.2. The molecule has 0 aliphatic carbocycles. The summed E-state index contributed by atoms with van der Waals surface area (Å²) < 4.78 is 10.6. The number of hydrogen-bond donors (Lipinski definition) is 2. The normalized spacial score (nSPS) is 13.5. The van der Waals surface area contributed by atoms with Crippen molar-refractivity contribution in [3.63, 3.8) is 0 Å². The summed E-state index contributed by atoms with van der Waals surface area (Å²) in [5.41, 5.74) is 3.25. The Labute approximate surface area is 171 Å². The molecule has 0 radical (unpaired) electrons. The van der Waals surface area contributed by atoms with Gasteiger partial charge in [0.05, 0.1) is 20.8 Å². The van der Waals surface area contributed by atoms with Gasteiger partial charge in [-0.3, -0.25) is 9.79 Å². The van der Waals surface area contributed by atoms with E-state index in [-0.39, 0.29) is 12.5 Å². The molecule has 1 heterocycles. The van der Waals surface area contributed by atoms with E-state index in [1.54, 1.807) is 21.3 Å². The van der Waals surface area contributed by atoms with Crippen LogP contribution in [0.3, 0.4) is 0 Å². The number of nitrogens with one attached hydrogen (secondary N) is 2. The third-order valence-electron chi connectivity index (χ3n) is 4.95. The molecule has 154 valence electrons. The van der Waals surface area contributed by atoms with Crippen molar-refractivity contribution < 1.29 is 14.3 Å². The van der Waals surface area contributed by atoms with Crippen LogP contribution in [0.15, 0.2) is 47.5 Å². The van der Waals surface area contributed by atoms with Crippen LogP contribution in [0.5, 0.6) is 11.5 Å². The van der Waals surface area contributed by atoms with Crippen molar-refractivity contribution in [1.82, 2.24) is 10.6 Å². The average Bonchev–Trinajstić information content (AvgIpc) is 2.78. The van der Waals surface area contributed by atoms with Gasteiger partial charge in [0.2, 0.25) is 5.91 Å². The molecule has 2 aromatic carbocycles. The summed E-state index contributed by atoms with van der Waals surface area (Å²) in [7, 11) is 4.91. The second-order valence-electron chi connectivity index (χ2n) is 6.75. The van der Waals surface area contributed by atoms with E-state index >= 15 is 0 Å². The number of aryl methyl sites for hydroxylation is 1. The van der Waals surface area contributed by atoms with Crippen LogP contribution < -0.4 is 25.0 Å². The highest BCUT2D eigenvalue weighted by molar-refractivity contribution is 5.98. The molecule has 0 fully saturated rings. The number of methoxy groups -OCH3 is 2. The molecule has 2 aromatic rings. The number of carbonyl (C=O) groups excluding carboxylic acids is 1. The molecule has 1 aliphatic heterocycles. The molecule has 0 unspecified atom stereocenters. The lowest BCUT2D eigenvalue weighted by molar-refractivity contribution is -0.117. The Morgan fingerprint density at radius 2 is 1.90 bits per heavy atom. The smallest absolute Gasteiger partial charge is 0.246 e. The molecule has 0 bridgehead atoms. The minimum absolute atomic E-state index is 0.0335. The molecule has 1 aliphatic rings. The Hall–Kier alpha value is -3.22. The van der Waals surface area contributed by atoms with Crippen LogP contribution in [-0.4, -0.2) is 46.2 Å². The maximum Gasteiger partial charge on any atom is 0.246 e. The van der Waals surface area contributed by atoms with Gasteiger partial charge in [-0.05, 0) is 42.2 Å². The molecule has 0 saturated carbocycles. The summed E-state index contributed by atoms with van der Waals surface area (Å²) in [5, 5.41) is 6.33. The maximum absolute atomic E-state index is 12.8. The molecule has 0 atom stereocenters. The van der Waals surface area contributed by atoms with Gasteiger partial charge >= 0.3 is 0 Å². The fourth-order valence-electron chi connectivity index (χ4n) is 3.44. The number of nitrogens with zero attached hydrogens (tertiary/aromatic N) is 2. The molecular weight excluding hydrogens is 368 g/mol. The Morgan fingerprint density at radius 3 is 2.66 bits per heavy atom. The first kappa shape index (κ1) is 20.5. The summed E-state index contributed by atoms with van der Waals surface area (Å²) in [5.74, 6) is 1.96. The Balaban J connectivity index is 1.55. The van der Waals surface area contributed by atoms with Gasteiger partial charge in [0, 0.05) is 25.8 Å². The summed E-state index contributed by atoms with van der Waals surface area (Å²) in [6, 6.07) is 13.8. The van der Waals surface area contributed by atoms with E-state index in [9.17, 15) is 4.79 Å². The summed E-state index contributed by atoms with van der Waals surface area (Å²) in [6.45, 7) is 1.47. The van der Waals surface area contributed by atoms with Gasteiger partial charge < -0.3 is 25.0 Å². The van der Waals surface area contributed by atoms with Crippen LogP contribution in [-0.2, 0) is 17.8 Å². The standard InChI is InChI=1S/C22H28N4O3/c1-23-22(24-14-16-10-11-19(28-2)20(13-16)29-3)25-15-21(27)26-12-6-8-17-7-4-5-9-18(17)26/h4-5,7,9-11,13H,6,8,12,14-15H2,1-3H3,(H2,23,24,25). The predicted molar refractivity (Wildman–Crippen MR) is 115 cm³/mol. The molecule has 1 amide bonds. The summed E-state index contributed by atoms with van der Waals surface area (Å²) in [6.07, 6.45) is 2.00. The van der Waals surface area contributed by atoms with E-state index in [2.05, 4.69) is 21.7 Å². The SMILES string of the molecule is CN=C(NCC(=O)N1CCCc2ccccc21)NCc1ccc(OC)c(OC)c1. The monoisotopic (exact) mass is 396 g/mol. The molecule has 7 nitrogen and oxygen atoms in total. The zero-order chi connectivity index (χ0) is 20.6. The van der Waals surface area contributed by atoms with E-state index < -0.39 is 0 Å². The van der Waals surface area contributed by atoms with Gasteiger partial charge in [0.15, 0.2) is 17.5 Å². The van der Waals surface area contributed by atoms with E-state index in [0.717, 1.165) is 30.6 Å². The number of para-hydroxylation sites is 1. The van der Waals surface area contributed by atoms with Gasteiger partial charge in [-0.1, -0.05) is 24.3 Å². The second kappa shape index (κ2) is 9.82.